The van der Waals surface area contributed by atoms with E-state index in [-0.39, 0.29) is 11.9 Å². The summed E-state index contributed by atoms with van der Waals surface area (Å²) >= 11 is 0. The van der Waals surface area contributed by atoms with Crippen molar-refractivity contribution in [2.45, 2.75) is 19.1 Å². The molecule has 1 atom stereocenters. The topological polar surface area (TPSA) is 57.5 Å². The highest BCUT2D eigenvalue weighted by Crippen LogP contribution is 2.22. The summed E-state index contributed by atoms with van der Waals surface area (Å²) in [5.41, 5.74) is 0.849. The van der Waals surface area contributed by atoms with Crippen LogP contribution in [0.2, 0.25) is 0 Å². The lowest BCUT2D eigenvalue weighted by molar-refractivity contribution is -0.143. The minimum absolute atomic E-state index is 0.0621. The SMILES string of the molecule is O=C(NCc1ccoc1)NCC1CCN(CC(F)(F)F)C1. The molecule has 1 saturated heterocycles. The first-order valence-corrected chi connectivity index (χ1v) is 6.74. The van der Waals surface area contributed by atoms with Crippen molar-refractivity contribution in [3.05, 3.63) is 24.2 Å². The predicted octanol–water partition coefficient (Wildman–Crippen LogP) is 1.96. The van der Waals surface area contributed by atoms with E-state index in [1.54, 1.807) is 6.07 Å². The van der Waals surface area contributed by atoms with Crippen molar-refractivity contribution in [1.82, 2.24) is 15.5 Å². The number of halogens is 3. The zero-order valence-corrected chi connectivity index (χ0v) is 11.4. The summed E-state index contributed by atoms with van der Waals surface area (Å²) in [6.45, 7) is 0.638. The number of alkyl halides is 3. The van der Waals surface area contributed by atoms with Crippen LogP contribution in [-0.4, -0.2) is 43.3 Å². The summed E-state index contributed by atoms with van der Waals surface area (Å²) in [6.07, 6.45) is -0.447. The number of urea groups is 1. The Hall–Kier alpha value is -1.70. The molecule has 1 aliphatic rings. The van der Waals surface area contributed by atoms with Crippen molar-refractivity contribution >= 4 is 6.03 Å². The van der Waals surface area contributed by atoms with Crippen LogP contribution in [0.1, 0.15) is 12.0 Å². The van der Waals surface area contributed by atoms with Crippen LogP contribution >= 0.6 is 0 Å². The Labute approximate surface area is 120 Å². The fourth-order valence-electron chi connectivity index (χ4n) is 2.35. The van der Waals surface area contributed by atoms with E-state index >= 15 is 0 Å². The molecule has 2 amide bonds. The number of hydrogen-bond acceptors (Lipinski definition) is 3. The average Bonchev–Trinajstić information content (AvgIpc) is 3.03. The molecule has 0 aromatic carbocycles. The van der Waals surface area contributed by atoms with Crippen LogP contribution in [0.3, 0.4) is 0 Å². The number of likely N-dealkylation sites (tertiary alicyclic amines) is 1. The lowest BCUT2D eigenvalue weighted by atomic mass is 10.1. The molecule has 118 valence electrons. The highest BCUT2D eigenvalue weighted by Gasteiger charge is 2.34. The summed E-state index contributed by atoms with van der Waals surface area (Å²) in [5, 5.41) is 5.34. The van der Waals surface area contributed by atoms with Gasteiger partial charge in [0.05, 0.1) is 19.1 Å². The molecule has 2 heterocycles. The number of nitrogens with one attached hydrogen (secondary N) is 2. The number of nitrogens with zero attached hydrogens (tertiary/aromatic N) is 1. The molecule has 5 nitrogen and oxygen atoms in total. The summed E-state index contributed by atoms with van der Waals surface area (Å²) in [5.74, 6) is 0.0621. The molecule has 0 bridgehead atoms. The second-order valence-electron chi connectivity index (χ2n) is 5.20. The maximum absolute atomic E-state index is 12.3. The first-order valence-electron chi connectivity index (χ1n) is 6.74. The van der Waals surface area contributed by atoms with Gasteiger partial charge in [0.2, 0.25) is 0 Å². The van der Waals surface area contributed by atoms with Gasteiger partial charge < -0.3 is 15.1 Å². The Morgan fingerprint density at radius 2 is 2.24 bits per heavy atom. The zero-order valence-electron chi connectivity index (χ0n) is 11.4. The Bertz CT molecular complexity index is 448. The van der Waals surface area contributed by atoms with Crippen molar-refractivity contribution in [2.24, 2.45) is 5.92 Å². The van der Waals surface area contributed by atoms with E-state index in [1.165, 1.54) is 17.4 Å². The third-order valence-electron chi connectivity index (χ3n) is 3.36. The van der Waals surface area contributed by atoms with Gasteiger partial charge >= 0.3 is 12.2 Å². The molecule has 2 rings (SSSR count). The normalized spacial score (nSPS) is 19.7. The first kappa shape index (κ1) is 15.7. The summed E-state index contributed by atoms with van der Waals surface area (Å²) in [4.78, 5) is 12.9. The fraction of sp³-hybridized carbons (Fsp3) is 0.615. The first-order chi connectivity index (χ1) is 9.92. The minimum Gasteiger partial charge on any atom is -0.472 e. The van der Waals surface area contributed by atoms with Crippen molar-refractivity contribution in [1.29, 1.82) is 0 Å². The number of amides is 2. The maximum Gasteiger partial charge on any atom is 0.401 e. The van der Waals surface area contributed by atoms with Crippen LogP contribution in [0, 0.1) is 5.92 Å². The van der Waals surface area contributed by atoms with E-state index in [4.69, 9.17) is 4.42 Å². The monoisotopic (exact) mass is 305 g/mol. The van der Waals surface area contributed by atoms with Crippen molar-refractivity contribution in [2.75, 3.05) is 26.2 Å². The molecule has 1 fully saturated rings. The zero-order chi connectivity index (χ0) is 15.3. The summed E-state index contributed by atoms with van der Waals surface area (Å²) in [7, 11) is 0. The van der Waals surface area contributed by atoms with Gasteiger partial charge in [0.25, 0.3) is 0 Å². The standard InChI is InChI=1S/C13H18F3N3O2/c14-13(15,16)9-19-3-1-10(7-19)5-17-12(20)18-6-11-2-4-21-8-11/h2,4,8,10H,1,3,5-7,9H2,(H2,17,18,20). The molecular weight excluding hydrogens is 287 g/mol. The van der Waals surface area contributed by atoms with E-state index < -0.39 is 12.7 Å². The second-order valence-corrected chi connectivity index (χ2v) is 5.20. The lowest BCUT2D eigenvalue weighted by Gasteiger charge is -2.18. The second kappa shape index (κ2) is 6.84. The lowest BCUT2D eigenvalue weighted by Crippen LogP contribution is -2.39. The molecule has 0 spiro atoms. The fourth-order valence-corrected chi connectivity index (χ4v) is 2.35. The van der Waals surface area contributed by atoms with Gasteiger partial charge in [-0.25, -0.2) is 4.79 Å². The van der Waals surface area contributed by atoms with Crippen molar-refractivity contribution in [3.63, 3.8) is 0 Å². The van der Waals surface area contributed by atoms with Gasteiger partial charge in [-0.15, -0.1) is 0 Å². The highest BCUT2D eigenvalue weighted by molar-refractivity contribution is 5.73. The number of rotatable bonds is 5. The van der Waals surface area contributed by atoms with Gasteiger partial charge in [-0.3, -0.25) is 4.90 Å². The van der Waals surface area contributed by atoms with E-state index in [0.29, 0.717) is 32.6 Å². The molecule has 1 aromatic heterocycles. The number of carbonyl (C=O) groups excluding carboxylic acids is 1. The molecule has 0 radical (unpaired) electrons. The third-order valence-corrected chi connectivity index (χ3v) is 3.36. The molecule has 0 saturated carbocycles. The highest BCUT2D eigenvalue weighted by atomic mass is 19.4. The Kier molecular flexibility index (Phi) is 5.11. The largest absolute Gasteiger partial charge is 0.472 e. The smallest absolute Gasteiger partial charge is 0.401 e. The summed E-state index contributed by atoms with van der Waals surface area (Å²) < 4.78 is 41.6. The van der Waals surface area contributed by atoms with Crippen LogP contribution < -0.4 is 10.6 Å². The molecule has 1 aliphatic heterocycles. The van der Waals surface area contributed by atoms with E-state index in [2.05, 4.69) is 10.6 Å². The predicted molar refractivity (Wildman–Crippen MR) is 69.5 cm³/mol. The van der Waals surface area contributed by atoms with Gasteiger partial charge in [-0.05, 0) is 24.9 Å². The summed E-state index contributed by atoms with van der Waals surface area (Å²) in [6, 6.07) is 1.41. The van der Waals surface area contributed by atoms with E-state index in [1.807, 2.05) is 0 Å². The molecule has 0 aliphatic carbocycles. The third kappa shape index (κ3) is 5.66. The van der Waals surface area contributed by atoms with E-state index in [9.17, 15) is 18.0 Å². The number of furan rings is 1. The Balaban J connectivity index is 1.61. The molecular formula is C13H18F3N3O2. The van der Waals surface area contributed by atoms with Crippen LogP contribution in [-0.2, 0) is 6.54 Å². The van der Waals surface area contributed by atoms with Crippen LogP contribution in [0.15, 0.2) is 23.0 Å². The van der Waals surface area contributed by atoms with Gasteiger partial charge in [-0.2, -0.15) is 13.2 Å². The van der Waals surface area contributed by atoms with Gasteiger partial charge in [0, 0.05) is 25.2 Å². The molecule has 1 unspecified atom stereocenters. The van der Waals surface area contributed by atoms with Crippen LogP contribution in [0.25, 0.3) is 0 Å². The quantitative estimate of drug-likeness (QED) is 0.874. The average molecular weight is 305 g/mol. The van der Waals surface area contributed by atoms with Gasteiger partial charge in [0.15, 0.2) is 0 Å². The number of hydrogen-bond donors (Lipinski definition) is 2. The number of carbonyl (C=O) groups is 1. The Morgan fingerprint density at radius 1 is 1.43 bits per heavy atom. The molecule has 2 N–H and O–H groups in total. The van der Waals surface area contributed by atoms with Gasteiger partial charge in [0.1, 0.15) is 0 Å². The van der Waals surface area contributed by atoms with Crippen LogP contribution in [0.5, 0.6) is 0 Å². The van der Waals surface area contributed by atoms with Gasteiger partial charge in [-0.1, -0.05) is 0 Å². The molecule has 21 heavy (non-hydrogen) atoms. The maximum atomic E-state index is 12.3. The van der Waals surface area contributed by atoms with Crippen molar-refractivity contribution < 1.29 is 22.4 Å². The van der Waals surface area contributed by atoms with E-state index in [0.717, 1.165) is 5.56 Å². The molecule has 1 aromatic rings. The minimum atomic E-state index is -4.16. The molecule has 8 heteroatoms. The van der Waals surface area contributed by atoms with Crippen molar-refractivity contribution in [3.8, 4) is 0 Å². The Morgan fingerprint density at radius 3 is 2.90 bits per heavy atom. The van der Waals surface area contributed by atoms with Crippen LogP contribution in [0.4, 0.5) is 18.0 Å².